The Bertz CT molecular complexity index is 541. The Kier molecular flexibility index (Phi) is 2.25. The summed E-state index contributed by atoms with van der Waals surface area (Å²) >= 11 is 0. The summed E-state index contributed by atoms with van der Waals surface area (Å²) < 4.78 is 0. The van der Waals surface area contributed by atoms with E-state index in [1.807, 2.05) is 25.1 Å². The fourth-order valence-corrected chi connectivity index (χ4v) is 1.54. The van der Waals surface area contributed by atoms with Crippen molar-refractivity contribution in [2.45, 2.75) is 6.92 Å². The molecule has 0 saturated heterocycles. The van der Waals surface area contributed by atoms with Gasteiger partial charge >= 0.3 is 0 Å². The molecule has 0 aliphatic heterocycles. The monoisotopic (exact) mass is 202 g/mol. The largest absolute Gasteiger partial charge is 0.361 e. The highest BCUT2D eigenvalue weighted by atomic mass is 16.6. The molecule has 0 atom stereocenters. The summed E-state index contributed by atoms with van der Waals surface area (Å²) in [6.07, 6.45) is 4.21. The van der Waals surface area contributed by atoms with Crippen LogP contribution < -0.4 is 0 Å². The highest BCUT2D eigenvalue weighted by molar-refractivity contribution is 5.89. The molecule has 0 unspecified atom stereocenters. The number of hydrogen-bond acceptors (Lipinski definition) is 2. The van der Waals surface area contributed by atoms with Crippen LogP contribution in [0.1, 0.15) is 11.1 Å². The number of benzene rings is 1. The molecule has 1 aromatic heterocycles. The summed E-state index contributed by atoms with van der Waals surface area (Å²) in [5, 5.41) is 11.2. The summed E-state index contributed by atoms with van der Waals surface area (Å²) in [4.78, 5) is 12.8. The van der Waals surface area contributed by atoms with Gasteiger partial charge in [-0.05, 0) is 18.6 Å². The minimum atomic E-state index is -0.465. The van der Waals surface area contributed by atoms with Crippen molar-refractivity contribution >= 4 is 17.0 Å². The first kappa shape index (κ1) is 9.45. The van der Waals surface area contributed by atoms with Crippen LogP contribution >= 0.6 is 0 Å². The Balaban J connectivity index is 2.50. The van der Waals surface area contributed by atoms with Gasteiger partial charge in [0.15, 0.2) is 0 Å². The average Bonchev–Trinajstić information content (AvgIpc) is 2.57. The van der Waals surface area contributed by atoms with Crippen molar-refractivity contribution < 1.29 is 4.92 Å². The molecule has 2 aromatic rings. The second-order valence-electron chi connectivity index (χ2n) is 3.39. The van der Waals surface area contributed by atoms with Crippen molar-refractivity contribution in [3.05, 3.63) is 51.8 Å². The third kappa shape index (κ3) is 1.88. The lowest BCUT2D eigenvalue weighted by atomic mass is 10.1. The molecule has 0 aliphatic carbocycles. The summed E-state index contributed by atoms with van der Waals surface area (Å²) in [6.45, 7) is 2.01. The number of rotatable bonds is 2. The first-order chi connectivity index (χ1) is 7.16. The molecule has 76 valence electrons. The maximum absolute atomic E-state index is 10.2. The third-order valence-corrected chi connectivity index (χ3v) is 2.25. The number of nitrogens with zero attached hydrogens (tertiary/aromatic N) is 1. The zero-order chi connectivity index (χ0) is 10.8. The van der Waals surface area contributed by atoms with Crippen LogP contribution in [0.25, 0.3) is 17.0 Å². The molecule has 2 rings (SSSR count). The Hall–Kier alpha value is -2.10. The number of nitrogens with one attached hydrogen (secondary N) is 1. The first-order valence-electron chi connectivity index (χ1n) is 4.56. The smallest absolute Gasteiger partial charge is 0.235 e. The van der Waals surface area contributed by atoms with E-state index in [4.69, 9.17) is 0 Å². The quantitative estimate of drug-likeness (QED) is 0.601. The van der Waals surface area contributed by atoms with E-state index in [2.05, 4.69) is 4.98 Å². The van der Waals surface area contributed by atoms with Gasteiger partial charge in [0, 0.05) is 28.7 Å². The molecule has 15 heavy (non-hydrogen) atoms. The zero-order valence-electron chi connectivity index (χ0n) is 8.23. The highest BCUT2D eigenvalue weighted by Gasteiger charge is 2.01. The number of H-pyrrole nitrogens is 1. The molecule has 1 N–H and O–H groups in total. The van der Waals surface area contributed by atoms with E-state index in [0.717, 1.165) is 28.2 Å². The molecule has 0 amide bonds. The van der Waals surface area contributed by atoms with Gasteiger partial charge in [-0.3, -0.25) is 10.1 Å². The molecular formula is C11H10N2O2. The van der Waals surface area contributed by atoms with Crippen LogP contribution in [-0.4, -0.2) is 9.91 Å². The molecule has 0 aliphatic rings. The standard InChI is InChI=1S/C11H10N2O2/c1-8-2-3-10-9(4-5-13(14)15)7-12-11(10)6-8/h2-7,12H,1H3/b5-4+. The van der Waals surface area contributed by atoms with Gasteiger partial charge in [-0.1, -0.05) is 12.1 Å². The molecule has 4 heteroatoms. The molecule has 4 nitrogen and oxygen atoms in total. The first-order valence-corrected chi connectivity index (χ1v) is 4.56. The van der Waals surface area contributed by atoms with Gasteiger partial charge in [0.1, 0.15) is 0 Å². The number of nitro groups is 1. The topological polar surface area (TPSA) is 58.9 Å². The summed E-state index contributed by atoms with van der Waals surface area (Å²) in [6, 6.07) is 5.96. The second-order valence-corrected chi connectivity index (χ2v) is 3.39. The van der Waals surface area contributed by atoms with Crippen LogP contribution in [0.2, 0.25) is 0 Å². The van der Waals surface area contributed by atoms with Crippen molar-refractivity contribution in [1.82, 2.24) is 4.98 Å². The SMILES string of the molecule is Cc1ccc2c(/C=C/[N+](=O)[O-])c[nH]c2c1. The molecule has 1 heterocycles. The molecular weight excluding hydrogens is 192 g/mol. The summed E-state index contributed by atoms with van der Waals surface area (Å²) in [5.41, 5.74) is 2.99. The lowest BCUT2D eigenvalue weighted by Crippen LogP contribution is -1.81. The number of aromatic nitrogens is 1. The molecule has 0 spiro atoms. The average molecular weight is 202 g/mol. The zero-order valence-corrected chi connectivity index (χ0v) is 8.23. The predicted molar refractivity (Wildman–Crippen MR) is 59.1 cm³/mol. The lowest BCUT2D eigenvalue weighted by molar-refractivity contribution is -0.400. The Morgan fingerprint density at radius 1 is 1.47 bits per heavy atom. The van der Waals surface area contributed by atoms with Crippen LogP contribution in [-0.2, 0) is 0 Å². The Labute approximate surface area is 86.4 Å². The minimum Gasteiger partial charge on any atom is -0.361 e. The molecule has 0 fully saturated rings. The number of aryl methyl sites for hydroxylation is 1. The second kappa shape index (κ2) is 3.57. The Morgan fingerprint density at radius 3 is 3.00 bits per heavy atom. The Morgan fingerprint density at radius 2 is 2.27 bits per heavy atom. The van der Waals surface area contributed by atoms with Gasteiger partial charge in [0.25, 0.3) is 0 Å². The van der Waals surface area contributed by atoms with Gasteiger partial charge in [-0.15, -0.1) is 0 Å². The van der Waals surface area contributed by atoms with E-state index in [1.54, 1.807) is 6.20 Å². The van der Waals surface area contributed by atoms with Gasteiger partial charge in [-0.2, -0.15) is 0 Å². The van der Waals surface area contributed by atoms with E-state index in [0.29, 0.717) is 0 Å². The minimum absolute atomic E-state index is 0.465. The van der Waals surface area contributed by atoms with Crippen LogP contribution in [0.5, 0.6) is 0 Å². The third-order valence-electron chi connectivity index (χ3n) is 2.25. The number of aromatic amines is 1. The lowest BCUT2D eigenvalue weighted by Gasteiger charge is -1.93. The van der Waals surface area contributed by atoms with Crippen molar-refractivity contribution in [2.24, 2.45) is 0 Å². The molecule has 0 bridgehead atoms. The molecule has 0 radical (unpaired) electrons. The van der Waals surface area contributed by atoms with E-state index < -0.39 is 4.92 Å². The van der Waals surface area contributed by atoms with E-state index >= 15 is 0 Å². The van der Waals surface area contributed by atoms with Gasteiger partial charge in [0.05, 0.1) is 4.92 Å². The van der Waals surface area contributed by atoms with E-state index in [1.165, 1.54) is 6.08 Å². The summed E-state index contributed by atoms with van der Waals surface area (Å²) in [7, 11) is 0. The van der Waals surface area contributed by atoms with Crippen LogP contribution in [0.15, 0.2) is 30.6 Å². The molecule has 1 aromatic carbocycles. The van der Waals surface area contributed by atoms with Crippen molar-refractivity contribution in [1.29, 1.82) is 0 Å². The van der Waals surface area contributed by atoms with Crippen LogP contribution in [0, 0.1) is 17.0 Å². The maximum Gasteiger partial charge on any atom is 0.235 e. The normalized spacial score (nSPS) is 11.3. The fraction of sp³-hybridized carbons (Fsp3) is 0.0909. The molecule has 0 saturated carbocycles. The number of hydrogen-bond donors (Lipinski definition) is 1. The van der Waals surface area contributed by atoms with Crippen molar-refractivity contribution in [2.75, 3.05) is 0 Å². The van der Waals surface area contributed by atoms with Crippen molar-refractivity contribution in [3.8, 4) is 0 Å². The summed E-state index contributed by atoms with van der Waals surface area (Å²) in [5.74, 6) is 0. The fourth-order valence-electron chi connectivity index (χ4n) is 1.54. The highest BCUT2D eigenvalue weighted by Crippen LogP contribution is 2.20. The van der Waals surface area contributed by atoms with Crippen LogP contribution in [0.4, 0.5) is 0 Å². The van der Waals surface area contributed by atoms with E-state index in [-0.39, 0.29) is 0 Å². The number of fused-ring (bicyclic) bond motifs is 1. The van der Waals surface area contributed by atoms with Crippen molar-refractivity contribution in [3.63, 3.8) is 0 Å². The van der Waals surface area contributed by atoms with E-state index in [9.17, 15) is 10.1 Å². The maximum atomic E-state index is 10.2. The van der Waals surface area contributed by atoms with Gasteiger partial charge < -0.3 is 4.98 Å². The van der Waals surface area contributed by atoms with Gasteiger partial charge in [-0.25, -0.2) is 0 Å². The predicted octanol–water partition coefficient (Wildman–Crippen LogP) is 2.72. The van der Waals surface area contributed by atoms with Crippen LogP contribution in [0.3, 0.4) is 0 Å². The van der Waals surface area contributed by atoms with Gasteiger partial charge in [0.2, 0.25) is 6.20 Å².